The van der Waals surface area contributed by atoms with E-state index in [0.717, 1.165) is 45.8 Å². The molecule has 0 spiro atoms. The summed E-state index contributed by atoms with van der Waals surface area (Å²) in [4.78, 5) is 30.5. The molecular weight excluding hydrogens is 323 g/mol. The number of carbonyl (C=O) groups excluding carboxylic acids is 2. The third kappa shape index (κ3) is 4.76. The summed E-state index contributed by atoms with van der Waals surface area (Å²) in [6.45, 7) is 6.74. The van der Waals surface area contributed by atoms with Gasteiger partial charge < -0.3 is 15.1 Å². The zero-order valence-corrected chi connectivity index (χ0v) is 14.4. The highest BCUT2D eigenvalue weighted by Crippen LogP contribution is 2.11. The second-order valence-electron chi connectivity index (χ2n) is 6.52. The van der Waals surface area contributed by atoms with Crippen LogP contribution in [0.15, 0.2) is 24.3 Å². The van der Waals surface area contributed by atoms with Crippen molar-refractivity contribution in [3.05, 3.63) is 35.6 Å². The molecule has 136 valence electrons. The highest BCUT2D eigenvalue weighted by molar-refractivity contribution is 5.94. The van der Waals surface area contributed by atoms with E-state index in [0.29, 0.717) is 25.1 Å². The lowest BCUT2D eigenvalue weighted by Gasteiger charge is -2.35. The molecule has 0 radical (unpaired) electrons. The van der Waals surface area contributed by atoms with Gasteiger partial charge in [-0.3, -0.25) is 14.5 Å². The molecule has 2 heterocycles. The fourth-order valence-electron chi connectivity index (χ4n) is 3.30. The third-order valence-corrected chi connectivity index (χ3v) is 4.84. The molecule has 2 fully saturated rings. The van der Waals surface area contributed by atoms with Crippen LogP contribution < -0.4 is 5.32 Å². The minimum atomic E-state index is -0.393. The van der Waals surface area contributed by atoms with Crippen LogP contribution in [0.5, 0.6) is 0 Å². The number of nitrogens with zero attached hydrogens (tertiary/aromatic N) is 3. The van der Waals surface area contributed by atoms with Gasteiger partial charge in [-0.1, -0.05) is 6.07 Å². The second kappa shape index (κ2) is 8.40. The molecule has 3 rings (SSSR count). The maximum Gasteiger partial charge on any atom is 0.254 e. The van der Waals surface area contributed by atoms with Gasteiger partial charge in [0.15, 0.2) is 0 Å². The number of rotatable bonds is 4. The number of amides is 2. The molecule has 1 N–H and O–H groups in total. The van der Waals surface area contributed by atoms with Gasteiger partial charge in [0.2, 0.25) is 5.91 Å². The minimum Gasteiger partial charge on any atom is -0.340 e. The van der Waals surface area contributed by atoms with Gasteiger partial charge in [0.1, 0.15) is 5.82 Å². The number of benzene rings is 1. The molecule has 0 saturated carbocycles. The smallest absolute Gasteiger partial charge is 0.254 e. The molecule has 2 saturated heterocycles. The average Bonchev–Trinajstić information content (AvgIpc) is 2.66. The van der Waals surface area contributed by atoms with Crippen molar-refractivity contribution >= 4 is 11.8 Å². The summed E-state index contributed by atoms with van der Waals surface area (Å²) in [5, 5.41) is 3.24. The van der Waals surface area contributed by atoms with E-state index in [1.54, 1.807) is 17.0 Å². The van der Waals surface area contributed by atoms with Crippen LogP contribution in [-0.2, 0) is 4.79 Å². The summed E-state index contributed by atoms with van der Waals surface area (Å²) in [5.74, 6) is -0.313. The van der Waals surface area contributed by atoms with Crippen molar-refractivity contribution in [2.24, 2.45) is 0 Å². The van der Waals surface area contributed by atoms with Gasteiger partial charge in [-0.15, -0.1) is 0 Å². The quantitative estimate of drug-likeness (QED) is 0.856. The van der Waals surface area contributed by atoms with Gasteiger partial charge in [0.25, 0.3) is 5.91 Å². The van der Waals surface area contributed by atoms with Crippen molar-refractivity contribution in [3.63, 3.8) is 0 Å². The van der Waals surface area contributed by atoms with Crippen molar-refractivity contribution in [2.75, 3.05) is 58.9 Å². The van der Waals surface area contributed by atoms with Crippen LogP contribution in [0.25, 0.3) is 0 Å². The Morgan fingerprint density at radius 3 is 2.40 bits per heavy atom. The Kier molecular flexibility index (Phi) is 5.99. The molecule has 2 amide bonds. The Hall–Kier alpha value is -1.99. The molecule has 6 nitrogen and oxygen atoms in total. The minimum absolute atomic E-state index is 0.129. The van der Waals surface area contributed by atoms with E-state index in [2.05, 4.69) is 10.2 Å². The van der Waals surface area contributed by atoms with Gasteiger partial charge in [-0.05, 0) is 18.2 Å². The highest BCUT2D eigenvalue weighted by atomic mass is 19.1. The molecule has 7 heteroatoms. The van der Waals surface area contributed by atoms with Crippen LogP contribution in [0.4, 0.5) is 4.39 Å². The normalized spacial score (nSPS) is 19.1. The van der Waals surface area contributed by atoms with Crippen molar-refractivity contribution in [3.8, 4) is 0 Å². The molecule has 2 aliphatic heterocycles. The number of halogens is 1. The fraction of sp³-hybridized carbons (Fsp3) is 0.556. The Morgan fingerprint density at radius 1 is 1.00 bits per heavy atom. The van der Waals surface area contributed by atoms with Crippen LogP contribution in [-0.4, -0.2) is 85.4 Å². The summed E-state index contributed by atoms with van der Waals surface area (Å²) >= 11 is 0. The molecule has 0 bridgehead atoms. The first-order valence-corrected chi connectivity index (χ1v) is 8.89. The highest BCUT2D eigenvalue weighted by Gasteiger charge is 2.23. The lowest BCUT2D eigenvalue weighted by atomic mass is 10.1. The monoisotopic (exact) mass is 348 g/mol. The number of hydrogen-bond donors (Lipinski definition) is 1. The average molecular weight is 348 g/mol. The zero-order chi connectivity index (χ0) is 17.6. The van der Waals surface area contributed by atoms with Crippen molar-refractivity contribution in [2.45, 2.75) is 6.42 Å². The predicted molar refractivity (Wildman–Crippen MR) is 92.8 cm³/mol. The molecule has 1 aromatic carbocycles. The Balaban J connectivity index is 1.42. The fourth-order valence-corrected chi connectivity index (χ4v) is 3.30. The summed E-state index contributed by atoms with van der Waals surface area (Å²) in [6.07, 6.45) is 0.526. The van der Waals surface area contributed by atoms with E-state index in [1.165, 1.54) is 12.1 Å². The zero-order valence-electron chi connectivity index (χ0n) is 14.4. The second-order valence-corrected chi connectivity index (χ2v) is 6.52. The van der Waals surface area contributed by atoms with Crippen molar-refractivity contribution < 1.29 is 14.0 Å². The summed E-state index contributed by atoms with van der Waals surface area (Å²) in [6, 6.07) is 5.81. The van der Waals surface area contributed by atoms with E-state index in [9.17, 15) is 14.0 Å². The SMILES string of the molecule is O=C(CCN1CCN(C(=O)c2cccc(F)c2)CC1)N1CCNCC1. The van der Waals surface area contributed by atoms with Crippen LogP contribution in [0.3, 0.4) is 0 Å². The van der Waals surface area contributed by atoms with Crippen LogP contribution >= 0.6 is 0 Å². The van der Waals surface area contributed by atoms with Gasteiger partial charge in [-0.2, -0.15) is 0 Å². The molecule has 25 heavy (non-hydrogen) atoms. The molecule has 2 aliphatic rings. The number of nitrogens with one attached hydrogen (secondary N) is 1. The van der Waals surface area contributed by atoms with E-state index in [4.69, 9.17) is 0 Å². The van der Waals surface area contributed by atoms with E-state index < -0.39 is 5.82 Å². The Morgan fingerprint density at radius 2 is 1.72 bits per heavy atom. The molecule has 0 unspecified atom stereocenters. The number of hydrogen-bond acceptors (Lipinski definition) is 4. The summed E-state index contributed by atoms with van der Waals surface area (Å²) in [5.41, 5.74) is 0.391. The molecule has 0 atom stereocenters. The maximum absolute atomic E-state index is 13.3. The van der Waals surface area contributed by atoms with Gasteiger partial charge in [-0.25, -0.2) is 4.39 Å². The molecular formula is C18H25FN4O2. The lowest BCUT2D eigenvalue weighted by Crippen LogP contribution is -2.50. The van der Waals surface area contributed by atoms with Crippen molar-refractivity contribution in [1.29, 1.82) is 0 Å². The maximum atomic E-state index is 13.3. The van der Waals surface area contributed by atoms with Crippen LogP contribution in [0, 0.1) is 5.82 Å². The topological polar surface area (TPSA) is 55.9 Å². The van der Waals surface area contributed by atoms with Gasteiger partial charge in [0, 0.05) is 70.9 Å². The first-order valence-electron chi connectivity index (χ1n) is 8.89. The summed E-state index contributed by atoms with van der Waals surface area (Å²) in [7, 11) is 0. The van der Waals surface area contributed by atoms with Gasteiger partial charge in [0.05, 0.1) is 0 Å². The number of piperazine rings is 2. The van der Waals surface area contributed by atoms with E-state index in [1.807, 2.05) is 4.90 Å². The molecule has 0 aliphatic carbocycles. The first-order chi connectivity index (χ1) is 12.1. The lowest BCUT2D eigenvalue weighted by molar-refractivity contribution is -0.132. The molecule has 1 aromatic rings. The summed E-state index contributed by atoms with van der Waals surface area (Å²) < 4.78 is 13.3. The third-order valence-electron chi connectivity index (χ3n) is 4.84. The standard InChI is InChI=1S/C18H25FN4O2/c19-16-3-1-2-15(14-16)18(25)23-12-10-21(11-13-23)7-4-17(24)22-8-5-20-6-9-22/h1-3,14,20H,4-13H2. The van der Waals surface area contributed by atoms with Crippen molar-refractivity contribution in [1.82, 2.24) is 20.0 Å². The van der Waals surface area contributed by atoms with Gasteiger partial charge >= 0.3 is 0 Å². The van der Waals surface area contributed by atoms with E-state index >= 15 is 0 Å². The molecule has 0 aromatic heterocycles. The first kappa shape index (κ1) is 17.8. The number of carbonyl (C=O) groups is 2. The van der Waals surface area contributed by atoms with Crippen LogP contribution in [0.1, 0.15) is 16.8 Å². The van der Waals surface area contributed by atoms with Crippen LogP contribution in [0.2, 0.25) is 0 Å². The Labute approximate surface area is 147 Å². The van der Waals surface area contributed by atoms with E-state index in [-0.39, 0.29) is 11.8 Å². The Bertz CT molecular complexity index is 611. The predicted octanol–water partition coefficient (Wildman–Crippen LogP) is 0.405. The largest absolute Gasteiger partial charge is 0.340 e.